The van der Waals surface area contributed by atoms with E-state index in [1.807, 2.05) is 27.0 Å². The van der Waals surface area contributed by atoms with Crippen LogP contribution in [0.1, 0.15) is 30.7 Å². The van der Waals surface area contributed by atoms with E-state index in [9.17, 15) is 0 Å². The van der Waals surface area contributed by atoms with E-state index >= 15 is 0 Å². The van der Waals surface area contributed by atoms with Gasteiger partial charge < -0.3 is 9.47 Å². The van der Waals surface area contributed by atoms with Gasteiger partial charge in [0.15, 0.2) is 0 Å². The summed E-state index contributed by atoms with van der Waals surface area (Å²) in [7, 11) is 0. The summed E-state index contributed by atoms with van der Waals surface area (Å²) in [5, 5.41) is 0.774. The topological polar surface area (TPSA) is 31.4 Å². The maximum absolute atomic E-state index is 5.79. The zero-order valence-corrected chi connectivity index (χ0v) is 10.7. The molecular weight excluding hydrogens is 258 g/mol. The molecule has 0 fully saturated rings. The van der Waals surface area contributed by atoms with Gasteiger partial charge in [-0.3, -0.25) is 4.98 Å². The molecule has 0 N–H and O–H groups in total. The summed E-state index contributed by atoms with van der Waals surface area (Å²) >= 11 is 3.44. The Hall–Kier alpha value is -0.610. The minimum absolute atomic E-state index is 0.551. The third-order valence-electron chi connectivity index (χ3n) is 2.46. The van der Waals surface area contributed by atoms with Crippen LogP contribution in [0.4, 0.5) is 0 Å². The molecule has 0 saturated heterocycles. The van der Waals surface area contributed by atoms with E-state index in [1.165, 1.54) is 0 Å². The fourth-order valence-electron chi connectivity index (χ4n) is 1.61. The van der Waals surface area contributed by atoms with E-state index in [1.54, 1.807) is 0 Å². The molecule has 0 aliphatic carbocycles. The summed E-state index contributed by atoms with van der Waals surface area (Å²) in [5.41, 5.74) is 3.16. The number of fused-ring (bicyclic) bond motifs is 1. The number of pyridine rings is 1. The SMILES string of the molecule is Cc1ncc(CBr)c2c1OC(C)(C)OC2. The molecule has 1 aliphatic rings. The lowest BCUT2D eigenvalue weighted by molar-refractivity contribution is -0.180. The fraction of sp³-hybridized carbons (Fsp3) is 0.545. The van der Waals surface area contributed by atoms with Gasteiger partial charge in [-0.05, 0) is 12.5 Å². The first-order valence-corrected chi connectivity index (χ1v) is 6.02. The third-order valence-corrected chi connectivity index (χ3v) is 3.06. The van der Waals surface area contributed by atoms with Gasteiger partial charge in [0.1, 0.15) is 5.75 Å². The fourth-order valence-corrected chi connectivity index (χ4v) is 2.09. The largest absolute Gasteiger partial charge is 0.461 e. The van der Waals surface area contributed by atoms with E-state index in [2.05, 4.69) is 20.9 Å². The Morgan fingerprint density at radius 1 is 1.53 bits per heavy atom. The summed E-state index contributed by atoms with van der Waals surface area (Å²) < 4.78 is 11.4. The molecule has 0 unspecified atom stereocenters. The number of ether oxygens (including phenoxy) is 2. The van der Waals surface area contributed by atoms with E-state index in [4.69, 9.17) is 9.47 Å². The summed E-state index contributed by atoms with van der Waals surface area (Å²) in [6.45, 7) is 6.37. The normalized spacial score (nSPS) is 18.1. The number of nitrogens with zero attached hydrogens (tertiary/aromatic N) is 1. The summed E-state index contributed by atoms with van der Waals surface area (Å²) in [5.74, 6) is 0.327. The molecule has 0 aromatic carbocycles. The molecule has 0 saturated carbocycles. The molecule has 15 heavy (non-hydrogen) atoms. The highest BCUT2D eigenvalue weighted by molar-refractivity contribution is 9.08. The maximum atomic E-state index is 5.79. The van der Waals surface area contributed by atoms with Crippen molar-refractivity contribution in [2.45, 2.75) is 38.5 Å². The zero-order chi connectivity index (χ0) is 11.1. The van der Waals surface area contributed by atoms with Gasteiger partial charge in [-0.2, -0.15) is 0 Å². The van der Waals surface area contributed by atoms with Gasteiger partial charge in [0.25, 0.3) is 0 Å². The number of aryl methyl sites for hydroxylation is 1. The molecular formula is C11H14BrNO2. The zero-order valence-electron chi connectivity index (χ0n) is 9.13. The number of rotatable bonds is 1. The minimum Gasteiger partial charge on any atom is -0.461 e. The monoisotopic (exact) mass is 271 g/mol. The van der Waals surface area contributed by atoms with Crippen LogP contribution in [-0.4, -0.2) is 10.8 Å². The van der Waals surface area contributed by atoms with E-state index in [0.29, 0.717) is 6.61 Å². The molecule has 2 rings (SSSR count). The maximum Gasteiger partial charge on any atom is 0.205 e. The number of halogens is 1. The average Bonchev–Trinajstić information content (AvgIpc) is 2.18. The predicted molar refractivity (Wildman–Crippen MR) is 61.1 cm³/mol. The smallest absolute Gasteiger partial charge is 0.205 e. The molecule has 0 amide bonds. The third kappa shape index (κ3) is 2.01. The van der Waals surface area contributed by atoms with Crippen molar-refractivity contribution < 1.29 is 9.47 Å². The Morgan fingerprint density at radius 3 is 2.93 bits per heavy atom. The van der Waals surface area contributed by atoms with Gasteiger partial charge in [-0.25, -0.2) is 0 Å². The standard InChI is InChI=1S/C11H14BrNO2/c1-7-10-9(8(4-12)5-13-7)6-14-11(2,3)15-10/h5H,4,6H2,1-3H3. The molecule has 0 radical (unpaired) electrons. The second-order valence-corrected chi connectivity index (χ2v) is 4.66. The molecule has 3 nitrogen and oxygen atoms in total. The van der Waals surface area contributed by atoms with Crippen LogP contribution < -0.4 is 4.74 Å². The van der Waals surface area contributed by atoms with Gasteiger partial charge in [0, 0.05) is 30.9 Å². The second-order valence-electron chi connectivity index (χ2n) is 4.10. The first kappa shape index (κ1) is 10.9. The highest BCUT2D eigenvalue weighted by atomic mass is 79.9. The summed E-state index contributed by atoms with van der Waals surface area (Å²) in [4.78, 5) is 4.32. The van der Waals surface area contributed by atoms with Crippen molar-refractivity contribution in [3.05, 3.63) is 23.0 Å². The van der Waals surface area contributed by atoms with Crippen LogP contribution in [0.3, 0.4) is 0 Å². The quantitative estimate of drug-likeness (QED) is 0.736. The minimum atomic E-state index is -0.551. The van der Waals surface area contributed by atoms with Crippen molar-refractivity contribution in [3.63, 3.8) is 0 Å². The van der Waals surface area contributed by atoms with Gasteiger partial charge in [0.05, 0.1) is 12.3 Å². The summed E-state index contributed by atoms with van der Waals surface area (Å²) in [6.07, 6.45) is 1.87. The van der Waals surface area contributed by atoms with Crippen LogP contribution in [0, 0.1) is 6.92 Å². The molecule has 1 aromatic heterocycles. The van der Waals surface area contributed by atoms with Crippen LogP contribution in [-0.2, 0) is 16.7 Å². The predicted octanol–water partition coefficient (Wildman–Crippen LogP) is 2.93. The second kappa shape index (κ2) is 3.76. The Labute approximate surface area is 97.9 Å². The summed E-state index contributed by atoms with van der Waals surface area (Å²) in [6, 6.07) is 0. The molecule has 1 aliphatic heterocycles. The van der Waals surface area contributed by atoms with Gasteiger partial charge in [-0.1, -0.05) is 15.9 Å². The Bertz CT molecular complexity index is 390. The van der Waals surface area contributed by atoms with Gasteiger partial charge in [0.2, 0.25) is 5.79 Å². The van der Waals surface area contributed by atoms with Crippen molar-refractivity contribution in [2.24, 2.45) is 0 Å². The van der Waals surface area contributed by atoms with Crippen molar-refractivity contribution in [1.29, 1.82) is 0 Å². The Kier molecular flexibility index (Phi) is 2.73. The van der Waals surface area contributed by atoms with E-state index in [0.717, 1.165) is 27.9 Å². The van der Waals surface area contributed by atoms with Crippen molar-refractivity contribution in [3.8, 4) is 5.75 Å². The highest BCUT2D eigenvalue weighted by Crippen LogP contribution is 2.35. The highest BCUT2D eigenvalue weighted by Gasteiger charge is 2.30. The van der Waals surface area contributed by atoms with E-state index < -0.39 is 5.79 Å². The molecule has 2 heterocycles. The Morgan fingerprint density at radius 2 is 2.27 bits per heavy atom. The first-order chi connectivity index (χ1) is 7.03. The number of aromatic nitrogens is 1. The number of alkyl halides is 1. The number of hydrogen-bond acceptors (Lipinski definition) is 3. The lowest BCUT2D eigenvalue weighted by Crippen LogP contribution is -2.36. The lowest BCUT2D eigenvalue weighted by atomic mass is 10.1. The van der Waals surface area contributed by atoms with Crippen LogP contribution >= 0.6 is 15.9 Å². The molecule has 1 aromatic rings. The molecule has 4 heteroatoms. The van der Waals surface area contributed by atoms with Crippen LogP contribution in [0.25, 0.3) is 0 Å². The van der Waals surface area contributed by atoms with Crippen molar-refractivity contribution in [2.75, 3.05) is 0 Å². The molecule has 82 valence electrons. The van der Waals surface area contributed by atoms with Gasteiger partial charge in [-0.15, -0.1) is 0 Å². The number of hydrogen-bond donors (Lipinski definition) is 0. The average molecular weight is 272 g/mol. The van der Waals surface area contributed by atoms with Gasteiger partial charge >= 0.3 is 0 Å². The molecule has 0 bridgehead atoms. The van der Waals surface area contributed by atoms with Crippen LogP contribution in [0.2, 0.25) is 0 Å². The van der Waals surface area contributed by atoms with Crippen LogP contribution in [0.5, 0.6) is 5.75 Å². The van der Waals surface area contributed by atoms with Crippen LogP contribution in [0.15, 0.2) is 6.20 Å². The molecule has 0 spiro atoms. The first-order valence-electron chi connectivity index (χ1n) is 4.90. The van der Waals surface area contributed by atoms with Crippen molar-refractivity contribution >= 4 is 15.9 Å². The molecule has 0 atom stereocenters. The van der Waals surface area contributed by atoms with E-state index in [-0.39, 0.29) is 0 Å². The lowest BCUT2D eigenvalue weighted by Gasteiger charge is -2.34. The van der Waals surface area contributed by atoms with Crippen molar-refractivity contribution in [1.82, 2.24) is 4.98 Å². The Balaban J connectivity index is 2.50.